The molecule has 1 aromatic carbocycles. The van der Waals surface area contributed by atoms with Crippen molar-refractivity contribution >= 4 is 17.3 Å². The lowest BCUT2D eigenvalue weighted by Crippen LogP contribution is -1.94. The minimum Gasteiger partial charge on any atom is -0.477 e. The van der Waals surface area contributed by atoms with Gasteiger partial charge < -0.3 is 10.1 Å². The molecule has 0 unspecified atom stereocenters. The highest BCUT2D eigenvalue weighted by atomic mass is 32.1. The number of hydrogen-bond donors (Lipinski definition) is 2. The average Bonchev–Trinajstić information content (AvgIpc) is 3.09. The normalized spacial score (nSPS) is 10.8. The minimum atomic E-state index is -1.03. The molecule has 0 aliphatic heterocycles. The van der Waals surface area contributed by atoms with Gasteiger partial charge in [0.1, 0.15) is 16.5 Å². The van der Waals surface area contributed by atoms with Crippen LogP contribution in [0.3, 0.4) is 0 Å². The molecule has 0 aliphatic rings. The smallest absolute Gasteiger partial charge is 0.352 e. The standard InChI is InChI=1S/C15H11FN2O2S/c1-8-3-2-4-10(13(8)16)14-18-12(7-21-14)9-5-11(15(19)20)17-6-9/h2-7,17H,1H3,(H,19,20). The van der Waals surface area contributed by atoms with Crippen LogP contribution >= 0.6 is 11.3 Å². The summed E-state index contributed by atoms with van der Waals surface area (Å²) >= 11 is 1.33. The van der Waals surface area contributed by atoms with Gasteiger partial charge in [0.15, 0.2) is 0 Å². The maximum absolute atomic E-state index is 14.1. The fourth-order valence-corrected chi connectivity index (χ4v) is 2.86. The largest absolute Gasteiger partial charge is 0.477 e. The summed E-state index contributed by atoms with van der Waals surface area (Å²) in [5, 5.41) is 11.3. The fourth-order valence-electron chi connectivity index (χ4n) is 2.01. The van der Waals surface area contributed by atoms with Crippen molar-refractivity contribution in [3.8, 4) is 21.8 Å². The van der Waals surface area contributed by atoms with Crippen LogP contribution in [0.25, 0.3) is 21.8 Å². The SMILES string of the molecule is Cc1cccc(-c2nc(-c3c[nH]c(C(=O)O)c3)cs2)c1F. The number of thiazole rings is 1. The number of carbonyl (C=O) groups is 1. The zero-order chi connectivity index (χ0) is 15.0. The number of nitrogens with one attached hydrogen (secondary N) is 1. The molecule has 3 rings (SSSR count). The van der Waals surface area contributed by atoms with E-state index in [2.05, 4.69) is 9.97 Å². The quantitative estimate of drug-likeness (QED) is 0.770. The van der Waals surface area contributed by atoms with Crippen LogP contribution in [0.1, 0.15) is 16.1 Å². The number of halogens is 1. The number of nitrogens with zero attached hydrogens (tertiary/aromatic N) is 1. The first-order valence-electron chi connectivity index (χ1n) is 6.19. The Morgan fingerprint density at radius 2 is 2.24 bits per heavy atom. The lowest BCUT2D eigenvalue weighted by Gasteiger charge is -2.01. The summed E-state index contributed by atoms with van der Waals surface area (Å²) in [7, 11) is 0. The molecule has 0 radical (unpaired) electrons. The second kappa shape index (κ2) is 5.14. The highest BCUT2D eigenvalue weighted by Gasteiger charge is 2.14. The summed E-state index contributed by atoms with van der Waals surface area (Å²) in [5.74, 6) is -1.31. The highest BCUT2D eigenvalue weighted by molar-refractivity contribution is 7.13. The number of hydrogen-bond acceptors (Lipinski definition) is 3. The molecule has 6 heteroatoms. The third-order valence-electron chi connectivity index (χ3n) is 3.14. The molecule has 2 heterocycles. The molecule has 0 atom stereocenters. The van der Waals surface area contributed by atoms with Crippen molar-refractivity contribution in [2.45, 2.75) is 6.92 Å². The number of aromatic carboxylic acids is 1. The number of carboxylic acid groups (broad SMARTS) is 1. The minimum absolute atomic E-state index is 0.0984. The van der Waals surface area contributed by atoms with Crippen LogP contribution in [0.5, 0.6) is 0 Å². The summed E-state index contributed by atoms with van der Waals surface area (Å²) in [6.45, 7) is 1.71. The van der Waals surface area contributed by atoms with Crippen LogP contribution in [-0.4, -0.2) is 21.0 Å². The molecule has 106 valence electrons. The van der Waals surface area contributed by atoms with Gasteiger partial charge in [-0.2, -0.15) is 0 Å². The lowest BCUT2D eigenvalue weighted by atomic mass is 10.1. The van der Waals surface area contributed by atoms with E-state index in [-0.39, 0.29) is 11.5 Å². The van der Waals surface area contributed by atoms with Crippen molar-refractivity contribution in [2.24, 2.45) is 0 Å². The van der Waals surface area contributed by atoms with Gasteiger partial charge in [-0.05, 0) is 24.6 Å². The Kier molecular flexibility index (Phi) is 3.31. The first kappa shape index (κ1) is 13.5. The van der Waals surface area contributed by atoms with E-state index < -0.39 is 5.97 Å². The summed E-state index contributed by atoms with van der Waals surface area (Å²) in [6, 6.07) is 6.69. The number of benzene rings is 1. The van der Waals surface area contributed by atoms with Gasteiger partial charge in [-0.3, -0.25) is 0 Å². The Morgan fingerprint density at radius 1 is 1.43 bits per heavy atom. The molecule has 0 aliphatic carbocycles. The molecule has 0 bridgehead atoms. The van der Waals surface area contributed by atoms with Crippen LogP contribution in [0, 0.1) is 12.7 Å². The van der Waals surface area contributed by atoms with Gasteiger partial charge in [-0.15, -0.1) is 11.3 Å². The molecular formula is C15H11FN2O2S. The first-order chi connectivity index (χ1) is 10.1. The molecule has 4 nitrogen and oxygen atoms in total. The van der Waals surface area contributed by atoms with Gasteiger partial charge >= 0.3 is 5.97 Å². The van der Waals surface area contributed by atoms with Crippen molar-refractivity contribution in [3.63, 3.8) is 0 Å². The monoisotopic (exact) mass is 302 g/mol. The predicted molar refractivity (Wildman–Crippen MR) is 79.0 cm³/mol. The zero-order valence-electron chi connectivity index (χ0n) is 11.1. The maximum Gasteiger partial charge on any atom is 0.352 e. The Balaban J connectivity index is 1.99. The fraction of sp³-hybridized carbons (Fsp3) is 0.0667. The molecule has 0 amide bonds. The Morgan fingerprint density at radius 3 is 2.95 bits per heavy atom. The van der Waals surface area contributed by atoms with E-state index in [4.69, 9.17) is 5.11 Å². The van der Waals surface area contributed by atoms with E-state index in [9.17, 15) is 9.18 Å². The Labute approximate surface area is 123 Å². The van der Waals surface area contributed by atoms with Gasteiger partial charge in [0.25, 0.3) is 0 Å². The van der Waals surface area contributed by atoms with Gasteiger partial charge in [-0.25, -0.2) is 14.2 Å². The van der Waals surface area contributed by atoms with Crippen LogP contribution in [0.15, 0.2) is 35.8 Å². The van der Waals surface area contributed by atoms with Gasteiger partial charge in [0.05, 0.1) is 5.69 Å². The summed E-state index contributed by atoms with van der Waals surface area (Å²) < 4.78 is 14.1. The van der Waals surface area contributed by atoms with Crippen LogP contribution < -0.4 is 0 Å². The van der Waals surface area contributed by atoms with Crippen LogP contribution in [-0.2, 0) is 0 Å². The second-order valence-corrected chi connectivity index (χ2v) is 5.44. The average molecular weight is 302 g/mol. The highest BCUT2D eigenvalue weighted by Crippen LogP contribution is 2.31. The number of aromatic amines is 1. The van der Waals surface area contributed by atoms with Gasteiger partial charge in [0, 0.05) is 22.7 Å². The first-order valence-corrected chi connectivity index (χ1v) is 7.07. The summed E-state index contributed by atoms with van der Waals surface area (Å²) in [4.78, 5) is 17.9. The van der Waals surface area contributed by atoms with Crippen molar-refractivity contribution in [1.82, 2.24) is 9.97 Å². The summed E-state index contributed by atoms with van der Waals surface area (Å²) in [5.41, 5.74) is 2.42. The lowest BCUT2D eigenvalue weighted by molar-refractivity contribution is 0.0691. The van der Waals surface area contributed by atoms with Crippen molar-refractivity contribution in [1.29, 1.82) is 0 Å². The van der Waals surface area contributed by atoms with E-state index in [0.29, 0.717) is 27.4 Å². The maximum atomic E-state index is 14.1. The van der Waals surface area contributed by atoms with Crippen molar-refractivity contribution < 1.29 is 14.3 Å². The van der Waals surface area contributed by atoms with E-state index in [1.807, 2.05) is 0 Å². The number of rotatable bonds is 3. The topological polar surface area (TPSA) is 66.0 Å². The van der Waals surface area contributed by atoms with Gasteiger partial charge in [0.2, 0.25) is 0 Å². The Bertz CT molecular complexity index is 823. The number of H-pyrrole nitrogens is 1. The third kappa shape index (κ3) is 2.45. The molecule has 3 aromatic rings. The zero-order valence-corrected chi connectivity index (χ0v) is 11.9. The van der Waals surface area contributed by atoms with Crippen molar-refractivity contribution in [3.05, 3.63) is 52.9 Å². The molecule has 21 heavy (non-hydrogen) atoms. The second-order valence-electron chi connectivity index (χ2n) is 4.58. The van der Waals surface area contributed by atoms with E-state index in [1.54, 1.807) is 36.7 Å². The number of aryl methyl sites for hydroxylation is 1. The molecule has 0 fully saturated rings. The summed E-state index contributed by atoms with van der Waals surface area (Å²) in [6.07, 6.45) is 1.58. The molecule has 2 N–H and O–H groups in total. The molecular weight excluding hydrogens is 291 g/mol. The van der Waals surface area contributed by atoms with Crippen LogP contribution in [0.2, 0.25) is 0 Å². The number of aromatic nitrogens is 2. The molecule has 0 spiro atoms. The predicted octanol–water partition coefficient (Wildman–Crippen LogP) is 3.95. The van der Waals surface area contributed by atoms with E-state index >= 15 is 0 Å². The van der Waals surface area contributed by atoms with Gasteiger partial charge in [-0.1, -0.05) is 12.1 Å². The molecule has 2 aromatic heterocycles. The molecule has 0 saturated heterocycles. The Hall–Kier alpha value is -2.47. The van der Waals surface area contributed by atoms with Crippen LogP contribution in [0.4, 0.5) is 4.39 Å². The van der Waals surface area contributed by atoms with E-state index in [1.165, 1.54) is 17.4 Å². The van der Waals surface area contributed by atoms with Crippen molar-refractivity contribution in [2.75, 3.05) is 0 Å². The third-order valence-corrected chi connectivity index (χ3v) is 4.01. The van der Waals surface area contributed by atoms with E-state index in [0.717, 1.165) is 0 Å². The number of carboxylic acids is 1. The molecule has 0 saturated carbocycles.